The number of rotatable bonds is 4. The van der Waals surface area contributed by atoms with Gasteiger partial charge in [-0.1, -0.05) is 35.8 Å². The number of fused-ring (bicyclic) bond motifs is 1. The van der Waals surface area contributed by atoms with Crippen molar-refractivity contribution in [2.24, 2.45) is 0 Å². The Bertz CT molecular complexity index is 944. The van der Waals surface area contributed by atoms with Gasteiger partial charge in [-0.25, -0.2) is 4.79 Å². The number of benzene rings is 2. The van der Waals surface area contributed by atoms with Crippen molar-refractivity contribution in [2.75, 3.05) is 5.32 Å². The lowest BCUT2D eigenvalue weighted by Crippen LogP contribution is -2.06. The van der Waals surface area contributed by atoms with Gasteiger partial charge in [-0.2, -0.15) is 0 Å². The van der Waals surface area contributed by atoms with Crippen molar-refractivity contribution in [2.45, 2.75) is 33.2 Å². The normalized spacial score (nSPS) is 11.2. The maximum atomic E-state index is 11.9. The van der Waals surface area contributed by atoms with Crippen molar-refractivity contribution >= 4 is 32.6 Å². The molecule has 0 aliphatic carbocycles. The molecule has 0 spiro atoms. The smallest absolute Gasteiger partial charge is 0.336 e. The summed E-state index contributed by atoms with van der Waals surface area (Å²) < 4.78 is 6.41. The second-order valence-corrected chi connectivity index (χ2v) is 7.23. The Hall–Kier alpha value is -2.07. The van der Waals surface area contributed by atoms with Crippen LogP contribution in [0.3, 0.4) is 0 Å². The minimum atomic E-state index is -0.315. The van der Waals surface area contributed by atoms with Crippen LogP contribution < -0.4 is 10.9 Å². The molecule has 24 heavy (non-hydrogen) atoms. The van der Waals surface area contributed by atoms with E-state index in [9.17, 15) is 4.79 Å². The van der Waals surface area contributed by atoms with Gasteiger partial charge < -0.3 is 9.73 Å². The highest BCUT2D eigenvalue weighted by Crippen LogP contribution is 2.27. The average molecular weight is 386 g/mol. The van der Waals surface area contributed by atoms with Crippen LogP contribution in [0.4, 0.5) is 5.69 Å². The monoisotopic (exact) mass is 385 g/mol. The van der Waals surface area contributed by atoms with E-state index in [4.69, 9.17) is 4.42 Å². The van der Waals surface area contributed by atoms with Crippen LogP contribution in [0.1, 0.15) is 36.5 Å². The molecule has 3 aromatic rings. The van der Waals surface area contributed by atoms with Crippen LogP contribution in [0.5, 0.6) is 0 Å². The zero-order valence-corrected chi connectivity index (χ0v) is 15.6. The molecule has 3 rings (SSSR count). The lowest BCUT2D eigenvalue weighted by atomic mass is 9.95. The Morgan fingerprint density at radius 3 is 2.67 bits per heavy atom. The first kappa shape index (κ1) is 16.8. The van der Waals surface area contributed by atoms with E-state index >= 15 is 0 Å². The van der Waals surface area contributed by atoms with Crippen LogP contribution in [0.2, 0.25) is 0 Å². The van der Waals surface area contributed by atoms with Gasteiger partial charge in [0, 0.05) is 28.2 Å². The number of hydrogen-bond acceptors (Lipinski definition) is 3. The van der Waals surface area contributed by atoms with Gasteiger partial charge in [-0.05, 0) is 59.9 Å². The maximum Gasteiger partial charge on any atom is 0.336 e. The third-order valence-corrected chi connectivity index (χ3v) is 4.64. The van der Waals surface area contributed by atoms with Gasteiger partial charge >= 0.3 is 5.63 Å². The Kier molecular flexibility index (Phi) is 4.76. The van der Waals surface area contributed by atoms with Gasteiger partial charge in [0.05, 0.1) is 0 Å². The average Bonchev–Trinajstić information content (AvgIpc) is 2.51. The molecule has 0 saturated heterocycles. The van der Waals surface area contributed by atoms with Crippen molar-refractivity contribution in [3.8, 4) is 0 Å². The number of aryl methyl sites for hydroxylation is 1. The summed E-state index contributed by atoms with van der Waals surface area (Å²) in [5.74, 6) is 0.423. The van der Waals surface area contributed by atoms with Gasteiger partial charge in [0.25, 0.3) is 0 Å². The lowest BCUT2D eigenvalue weighted by molar-refractivity contribution is 0.558. The zero-order chi connectivity index (χ0) is 17.3. The Balaban J connectivity index is 2.02. The van der Waals surface area contributed by atoms with E-state index in [1.807, 2.05) is 30.3 Å². The molecule has 1 aromatic heterocycles. The number of nitrogens with one attached hydrogen (secondary N) is 1. The third kappa shape index (κ3) is 3.54. The van der Waals surface area contributed by atoms with E-state index in [1.165, 1.54) is 5.56 Å². The van der Waals surface area contributed by atoms with Crippen molar-refractivity contribution in [1.29, 1.82) is 0 Å². The molecule has 4 heteroatoms. The highest BCUT2D eigenvalue weighted by Gasteiger charge is 2.11. The lowest BCUT2D eigenvalue weighted by Gasteiger charge is -2.14. The third-order valence-electron chi connectivity index (χ3n) is 4.15. The number of anilines is 1. The van der Waals surface area contributed by atoms with Crippen LogP contribution in [0, 0.1) is 6.92 Å². The zero-order valence-electron chi connectivity index (χ0n) is 14.0. The minimum Gasteiger partial charge on any atom is -0.423 e. The number of halogens is 1. The highest BCUT2D eigenvalue weighted by atomic mass is 79.9. The summed E-state index contributed by atoms with van der Waals surface area (Å²) in [4.78, 5) is 11.9. The summed E-state index contributed by atoms with van der Waals surface area (Å²) in [6, 6.07) is 13.7. The molecular formula is C20H20BrNO2. The SMILES string of the molecule is Cc1cc2oc(=O)cc(CNc3cccc(Br)c3)c2cc1C(C)C. The van der Waals surface area contributed by atoms with Crippen molar-refractivity contribution in [3.63, 3.8) is 0 Å². The summed E-state index contributed by atoms with van der Waals surface area (Å²) in [6.45, 7) is 6.97. The summed E-state index contributed by atoms with van der Waals surface area (Å²) in [5.41, 5.74) is 4.71. The molecule has 124 valence electrons. The van der Waals surface area contributed by atoms with Gasteiger partial charge in [-0.15, -0.1) is 0 Å². The van der Waals surface area contributed by atoms with Gasteiger partial charge in [0.2, 0.25) is 0 Å². The molecular weight excluding hydrogens is 366 g/mol. The molecule has 0 aliphatic rings. The maximum absolute atomic E-state index is 11.9. The molecule has 1 N–H and O–H groups in total. The Labute approximate surface area is 149 Å². The first-order valence-corrected chi connectivity index (χ1v) is 8.80. The molecule has 0 aliphatic heterocycles. The van der Waals surface area contributed by atoms with E-state index < -0.39 is 0 Å². The van der Waals surface area contributed by atoms with E-state index in [-0.39, 0.29) is 5.63 Å². The number of hydrogen-bond donors (Lipinski definition) is 1. The van der Waals surface area contributed by atoms with E-state index in [0.717, 1.165) is 26.7 Å². The van der Waals surface area contributed by atoms with E-state index in [2.05, 4.69) is 48.1 Å². The summed E-state index contributed by atoms with van der Waals surface area (Å²) in [6.07, 6.45) is 0. The Morgan fingerprint density at radius 1 is 1.17 bits per heavy atom. The fraction of sp³-hybridized carbons (Fsp3) is 0.250. The van der Waals surface area contributed by atoms with Gasteiger partial charge in [-0.3, -0.25) is 0 Å². The first-order valence-electron chi connectivity index (χ1n) is 8.01. The molecule has 0 amide bonds. The molecule has 0 bridgehead atoms. The van der Waals surface area contributed by atoms with E-state index in [0.29, 0.717) is 18.0 Å². The molecule has 2 aromatic carbocycles. The van der Waals surface area contributed by atoms with Crippen LogP contribution in [0.25, 0.3) is 11.0 Å². The van der Waals surface area contributed by atoms with E-state index in [1.54, 1.807) is 6.07 Å². The standard InChI is InChI=1S/C20H20BrNO2/c1-12(2)17-10-18-14(8-20(23)24-19(18)7-13(17)3)11-22-16-6-4-5-15(21)9-16/h4-10,12,22H,11H2,1-3H3. The molecule has 0 radical (unpaired) electrons. The summed E-state index contributed by atoms with van der Waals surface area (Å²) in [5, 5.41) is 4.37. The van der Waals surface area contributed by atoms with Crippen molar-refractivity contribution in [3.05, 3.63) is 74.0 Å². The molecule has 0 saturated carbocycles. The first-order chi connectivity index (χ1) is 11.4. The summed E-state index contributed by atoms with van der Waals surface area (Å²) >= 11 is 3.47. The molecule has 0 fully saturated rings. The Morgan fingerprint density at radius 2 is 1.96 bits per heavy atom. The topological polar surface area (TPSA) is 42.2 Å². The van der Waals surface area contributed by atoms with Crippen molar-refractivity contribution < 1.29 is 4.42 Å². The van der Waals surface area contributed by atoms with Crippen LogP contribution in [0.15, 0.2) is 56.1 Å². The van der Waals surface area contributed by atoms with Gasteiger partial charge in [0.1, 0.15) is 5.58 Å². The van der Waals surface area contributed by atoms with Gasteiger partial charge in [0.15, 0.2) is 0 Å². The van der Waals surface area contributed by atoms with Crippen molar-refractivity contribution in [1.82, 2.24) is 0 Å². The largest absolute Gasteiger partial charge is 0.423 e. The fourth-order valence-electron chi connectivity index (χ4n) is 2.96. The molecule has 3 nitrogen and oxygen atoms in total. The molecule has 1 heterocycles. The quantitative estimate of drug-likeness (QED) is 0.594. The molecule has 0 unspecified atom stereocenters. The molecule has 0 atom stereocenters. The summed E-state index contributed by atoms with van der Waals surface area (Å²) in [7, 11) is 0. The second-order valence-electron chi connectivity index (χ2n) is 6.31. The predicted octanol–water partition coefficient (Wildman–Crippen LogP) is 5.60. The highest BCUT2D eigenvalue weighted by molar-refractivity contribution is 9.10. The second kappa shape index (κ2) is 6.81. The fourth-order valence-corrected chi connectivity index (χ4v) is 3.35. The predicted molar refractivity (Wildman–Crippen MR) is 103 cm³/mol. The van der Waals surface area contributed by atoms with Crippen LogP contribution in [-0.2, 0) is 6.54 Å². The minimum absolute atomic E-state index is 0.315. The van der Waals surface area contributed by atoms with Crippen LogP contribution in [-0.4, -0.2) is 0 Å². The van der Waals surface area contributed by atoms with Crippen LogP contribution >= 0.6 is 15.9 Å².